The topological polar surface area (TPSA) is 23.5 Å². The highest BCUT2D eigenvalue weighted by atomic mass is 19.4. The first kappa shape index (κ1) is 15.3. The van der Waals surface area contributed by atoms with Gasteiger partial charge in [0.05, 0.1) is 0 Å². The van der Waals surface area contributed by atoms with Crippen LogP contribution in [0.25, 0.3) is 10.8 Å². The Kier molecular flexibility index (Phi) is 3.65. The van der Waals surface area contributed by atoms with E-state index in [-0.39, 0.29) is 13.1 Å². The molecule has 1 heterocycles. The Bertz CT molecular complexity index is 690. The van der Waals surface area contributed by atoms with Crippen LogP contribution >= 0.6 is 0 Å². The molecule has 0 spiro atoms. The van der Waals surface area contributed by atoms with Gasteiger partial charge in [-0.1, -0.05) is 43.3 Å². The zero-order valence-corrected chi connectivity index (χ0v) is 12.3. The number of alkyl halides is 3. The van der Waals surface area contributed by atoms with E-state index in [2.05, 4.69) is 6.92 Å². The van der Waals surface area contributed by atoms with Crippen molar-refractivity contribution in [1.29, 1.82) is 0 Å². The molecule has 2 nitrogen and oxygen atoms in total. The number of benzene rings is 2. The minimum Gasteiger partial charge on any atom is -0.378 e. The standard InChI is InChI=1S/C17H18F3NO/c1-2-12-7-8-13(15-6-4-3-5-14(12)15)9-21-10-16(22,11-21)17(18,19)20/h3-8,22H,2,9-11H2,1H3. The summed E-state index contributed by atoms with van der Waals surface area (Å²) in [5.74, 6) is 0. The molecule has 5 heteroatoms. The lowest BCUT2D eigenvalue weighted by molar-refractivity contribution is -0.302. The van der Waals surface area contributed by atoms with Gasteiger partial charge in [0.2, 0.25) is 0 Å². The van der Waals surface area contributed by atoms with Gasteiger partial charge < -0.3 is 5.11 Å². The molecule has 118 valence electrons. The molecule has 1 aliphatic heterocycles. The molecule has 1 N–H and O–H groups in total. The smallest absolute Gasteiger partial charge is 0.378 e. The molecule has 0 aromatic heterocycles. The molecule has 2 aromatic carbocycles. The first-order chi connectivity index (χ1) is 10.3. The molecule has 1 fully saturated rings. The van der Waals surface area contributed by atoms with E-state index in [1.807, 2.05) is 36.4 Å². The van der Waals surface area contributed by atoms with Crippen molar-refractivity contribution in [3.8, 4) is 0 Å². The van der Waals surface area contributed by atoms with Crippen molar-refractivity contribution in [3.05, 3.63) is 47.5 Å². The van der Waals surface area contributed by atoms with E-state index in [0.29, 0.717) is 6.54 Å². The first-order valence-corrected chi connectivity index (χ1v) is 7.35. The number of hydrogen-bond acceptors (Lipinski definition) is 2. The molecular formula is C17H18F3NO. The van der Waals surface area contributed by atoms with Gasteiger partial charge in [0.25, 0.3) is 0 Å². The highest BCUT2D eigenvalue weighted by Gasteiger charge is 2.60. The maximum absolute atomic E-state index is 12.7. The number of β-amino-alcohol motifs (C(OH)–C–C–N with tert-alkyl or cyclic N) is 1. The van der Waals surface area contributed by atoms with Gasteiger partial charge in [0.15, 0.2) is 5.60 Å². The van der Waals surface area contributed by atoms with Crippen LogP contribution in [0.5, 0.6) is 0 Å². The summed E-state index contributed by atoms with van der Waals surface area (Å²) in [4.78, 5) is 1.63. The predicted octanol–water partition coefficient (Wildman–Crippen LogP) is 3.51. The van der Waals surface area contributed by atoms with Gasteiger partial charge >= 0.3 is 6.18 Å². The SMILES string of the molecule is CCc1ccc(CN2CC(O)(C(F)(F)F)C2)c2ccccc12. The lowest BCUT2D eigenvalue weighted by Gasteiger charge is -2.47. The van der Waals surface area contributed by atoms with E-state index < -0.39 is 11.8 Å². The average molecular weight is 309 g/mol. The van der Waals surface area contributed by atoms with Crippen LogP contribution in [0.2, 0.25) is 0 Å². The van der Waals surface area contributed by atoms with E-state index in [9.17, 15) is 18.3 Å². The summed E-state index contributed by atoms with van der Waals surface area (Å²) in [5, 5.41) is 11.7. The van der Waals surface area contributed by atoms with Crippen molar-refractivity contribution in [2.24, 2.45) is 0 Å². The summed E-state index contributed by atoms with van der Waals surface area (Å²) in [5.41, 5.74) is -0.321. The summed E-state index contributed by atoms with van der Waals surface area (Å²) >= 11 is 0. The van der Waals surface area contributed by atoms with Crippen LogP contribution in [0, 0.1) is 0 Å². The molecular weight excluding hydrogens is 291 g/mol. The summed E-state index contributed by atoms with van der Waals surface area (Å²) in [6, 6.07) is 12.0. The monoisotopic (exact) mass is 309 g/mol. The van der Waals surface area contributed by atoms with Crippen molar-refractivity contribution in [2.45, 2.75) is 31.7 Å². The van der Waals surface area contributed by atoms with Crippen LogP contribution in [0.1, 0.15) is 18.1 Å². The van der Waals surface area contributed by atoms with Crippen molar-refractivity contribution < 1.29 is 18.3 Å². The summed E-state index contributed by atoms with van der Waals surface area (Å²) < 4.78 is 38.0. The van der Waals surface area contributed by atoms with Gasteiger partial charge in [-0.2, -0.15) is 13.2 Å². The lowest BCUT2D eigenvalue weighted by Crippen LogP contribution is -2.68. The Labute approximate surface area is 127 Å². The Morgan fingerprint density at radius 1 is 1.05 bits per heavy atom. The number of hydrogen-bond donors (Lipinski definition) is 1. The maximum atomic E-state index is 12.7. The lowest BCUT2D eigenvalue weighted by atomic mass is 9.91. The second-order valence-electron chi connectivity index (χ2n) is 5.96. The molecule has 3 rings (SSSR count). The fourth-order valence-electron chi connectivity index (χ4n) is 3.10. The van der Waals surface area contributed by atoms with Crippen LogP contribution in [0.4, 0.5) is 13.2 Å². The van der Waals surface area contributed by atoms with E-state index in [4.69, 9.17) is 0 Å². The number of aliphatic hydroxyl groups is 1. The molecule has 0 saturated carbocycles. The Hall–Kier alpha value is -1.59. The maximum Gasteiger partial charge on any atom is 0.419 e. The van der Waals surface area contributed by atoms with Crippen molar-refractivity contribution in [1.82, 2.24) is 4.90 Å². The first-order valence-electron chi connectivity index (χ1n) is 7.35. The second-order valence-corrected chi connectivity index (χ2v) is 5.96. The Balaban J connectivity index is 1.82. The molecule has 0 atom stereocenters. The molecule has 0 radical (unpaired) electrons. The third kappa shape index (κ3) is 2.48. The van der Waals surface area contributed by atoms with Crippen LogP contribution < -0.4 is 0 Å². The third-order valence-corrected chi connectivity index (χ3v) is 4.38. The fourth-order valence-corrected chi connectivity index (χ4v) is 3.10. The van der Waals surface area contributed by atoms with E-state index in [1.54, 1.807) is 4.90 Å². The normalized spacial score (nSPS) is 18.4. The van der Waals surface area contributed by atoms with E-state index >= 15 is 0 Å². The second kappa shape index (κ2) is 5.25. The average Bonchev–Trinajstić information content (AvgIpc) is 2.44. The van der Waals surface area contributed by atoms with E-state index in [1.165, 1.54) is 5.56 Å². The number of aryl methyl sites for hydroxylation is 1. The number of likely N-dealkylation sites (tertiary alicyclic amines) is 1. The minimum atomic E-state index is -4.56. The van der Waals surface area contributed by atoms with Gasteiger partial charge in [-0.3, -0.25) is 4.90 Å². The minimum absolute atomic E-state index is 0.361. The molecule has 2 aromatic rings. The van der Waals surface area contributed by atoms with Gasteiger partial charge in [0, 0.05) is 19.6 Å². The van der Waals surface area contributed by atoms with Gasteiger partial charge in [-0.05, 0) is 28.3 Å². The van der Waals surface area contributed by atoms with Gasteiger partial charge in [-0.15, -0.1) is 0 Å². The molecule has 0 aliphatic carbocycles. The largest absolute Gasteiger partial charge is 0.419 e. The van der Waals surface area contributed by atoms with Crippen LogP contribution in [0.3, 0.4) is 0 Å². The summed E-state index contributed by atoms with van der Waals surface area (Å²) in [6.07, 6.45) is -3.64. The molecule has 22 heavy (non-hydrogen) atoms. The molecule has 0 bridgehead atoms. The van der Waals surface area contributed by atoms with E-state index in [0.717, 1.165) is 22.8 Å². The molecule has 0 unspecified atom stereocenters. The number of halogens is 3. The number of nitrogens with zero attached hydrogens (tertiary/aromatic N) is 1. The van der Waals surface area contributed by atoms with Crippen molar-refractivity contribution in [2.75, 3.05) is 13.1 Å². The zero-order valence-electron chi connectivity index (χ0n) is 12.3. The van der Waals surface area contributed by atoms with Gasteiger partial charge in [-0.25, -0.2) is 0 Å². The predicted molar refractivity (Wildman–Crippen MR) is 79.6 cm³/mol. The molecule has 0 amide bonds. The van der Waals surface area contributed by atoms with Crippen LogP contribution in [-0.4, -0.2) is 34.9 Å². The van der Waals surface area contributed by atoms with Crippen molar-refractivity contribution in [3.63, 3.8) is 0 Å². The molecule has 1 aliphatic rings. The fraction of sp³-hybridized carbons (Fsp3) is 0.412. The number of fused-ring (bicyclic) bond motifs is 1. The van der Waals surface area contributed by atoms with Crippen molar-refractivity contribution >= 4 is 10.8 Å². The summed E-state index contributed by atoms with van der Waals surface area (Å²) in [6.45, 7) is 1.78. The highest BCUT2D eigenvalue weighted by molar-refractivity contribution is 5.88. The molecule has 1 saturated heterocycles. The van der Waals surface area contributed by atoms with Crippen LogP contribution in [0.15, 0.2) is 36.4 Å². The Morgan fingerprint density at radius 3 is 2.14 bits per heavy atom. The summed E-state index contributed by atoms with van der Waals surface area (Å²) in [7, 11) is 0. The highest BCUT2D eigenvalue weighted by Crippen LogP contribution is 2.38. The third-order valence-electron chi connectivity index (χ3n) is 4.38. The Morgan fingerprint density at radius 2 is 1.59 bits per heavy atom. The zero-order chi connectivity index (χ0) is 16.0. The number of rotatable bonds is 3. The van der Waals surface area contributed by atoms with Crippen LogP contribution in [-0.2, 0) is 13.0 Å². The van der Waals surface area contributed by atoms with Gasteiger partial charge in [0.1, 0.15) is 0 Å². The quantitative estimate of drug-likeness (QED) is 0.938.